The summed E-state index contributed by atoms with van der Waals surface area (Å²) in [5.74, 6) is 3.73. The van der Waals surface area contributed by atoms with Crippen molar-refractivity contribution in [1.29, 1.82) is 5.26 Å². The van der Waals surface area contributed by atoms with Crippen molar-refractivity contribution in [2.45, 2.75) is 77.7 Å². The molecule has 1 aromatic carbocycles. The average molecular weight is 407 g/mol. The van der Waals surface area contributed by atoms with Gasteiger partial charge in [0.15, 0.2) is 5.75 Å². The van der Waals surface area contributed by atoms with Crippen LogP contribution in [0.4, 0.5) is 0 Å². The number of rotatable bonds is 2. The van der Waals surface area contributed by atoms with Crippen LogP contribution < -0.4 is 4.84 Å². The van der Waals surface area contributed by atoms with Crippen molar-refractivity contribution in [3.8, 4) is 11.8 Å². The van der Waals surface area contributed by atoms with Gasteiger partial charge < -0.3 is 9.94 Å². The minimum atomic E-state index is -0.0848. The number of aliphatic hydroxyl groups excluding tert-OH is 1. The Kier molecular flexibility index (Phi) is 4.93. The van der Waals surface area contributed by atoms with Gasteiger partial charge in [-0.3, -0.25) is 0 Å². The standard InChI is InChI=1S/C26H34N2O2/c1-25-13-11-19(28-30-20-6-3-17(16-27)4-7-20)15-18(25)5-8-21-22-9-10-24(29)26(22,2)14-12-23(21)25/h3-4,6-7,18,21-24,29H,5,8-15H2,1-2H3/b28-19-/t18-,21?,22?,23?,24-,25-,26-/m0/s1. The second kappa shape index (κ2) is 7.38. The maximum atomic E-state index is 10.6. The number of oxime groups is 1. The lowest BCUT2D eigenvalue weighted by Crippen LogP contribution is -2.54. The highest BCUT2D eigenvalue weighted by Gasteiger charge is 2.59. The van der Waals surface area contributed by atoms with E-state index in [1.165, 1.54) is 44.2 Å². The Balaban J connectivity index is 1.28. The molecule has 4 saturated carbocycles. The number of hydrogen-bond donors (Lipinski definition) is 1. The molecule has 0 aromatic heterocycles. The fourth-order valence-corrected chi connectivity index (χ4v) is 7.82. The molecule has 4 fully saturated rings. The second-order valence-electron chi connectivity index (χ2n) is 10.9. The van der Waals surface area contributed by atoms with E-state index in [0.29, 0.717) is 22.6 Å². The van der Waals surface area contributed by atoms with Gasteiger partial charge in [-0.25, -0.2) is 0 Å². The summed E-state index contributed by atoms with van der Waals surface area (Å²) in [6, 6.07) is 9.30. The van der Waals surface area contributed by atoms with Gasteiger partial charge in [-0.2, -0.15) is 5.26 Å². The first kappa shape index (κ1) is 20.1. The monoisotopic (exact) mass is 406 g/mol. The maximum absolute atomic E-state index is 10.6. The van der Waals surface area contributed by atoms with Gasteiger partial charge in [0.05, 0.1) is 23.4 Å². The van der Waals surface area contributed by atoms with Gasteiger partial charge in [0.2, 0.25) is 0 Å². The van der Waals surface area contributed by atoms with E-state index in [1.807, 2.05) is 12.1 Å². The van der Waals surface area contributed by atoms with Gasteiger partial charge in [-0.1, -0.05) is 19.0 Å². The van der Waals surface area contributed by atoms with Crippen molar-refractivity contribution in [3.63, 3.8) is 0 Å². The van der Waals surface area contributed by atoms with Crippen LogP contribution in [0.25, 0.3) is 0 Å². The molecular weight excluding hydrogens is 372 g/mol. The molecule has 7 atom stereocenters. The van der Waals surface area contributed by atoms with E-state index in [0.717, 1.165) is 37.0 Å². The lowest BCUT2D eigenvalue weighted by molar-refractivity contribution is -0.112. The number of nitriles is 1. The minimum Gasteiger partial charge on any atom is -0.393 e. The maximum Gasteiger partial charge on any atom is 0.158 e. The van der Waals surface area contributed by atoms with Gasteiger partial charge in [0, 0.05) is 0 Å². The van der Waals surface area contributed by atoms with Crippen LogP contribution in [0.3, 0.4) is 0 Å². The van der Waals surface area contributed by atoms with Crippen LogP contribution >= 0.6 is 0 Å². The lowest BCUT2D eigenvalue weighted by atomic mass is 9.45. The molecule has 0 spiro atoms. The summed E-state index contributed by atoms with van der Waals surface area (Å²) in [6.45, 7) is 4.92. The van der Waals surface area contributed by atoms with E-state index in [2.05, 4.69) is 25.1 Å². The smallest absolute Gasteiger partial charge is 0.158 e. The van der Waals surface area contributed by atoms with Gasteiger partial charge >= 0.3 is 0 Å². The normalized spacial score (nSPS) is 43.9. The lowest BCUT2D eigenvalue weighted by Gasteiger charge is -2.60. The van der Waals surface area contributed by atoms with Gasteiger partial charge in [-0.05, 0) is 117 Å². The molecule has 4 aliphatic rings. The highest BCUT2D eigenvalue weighted by Crippen LogP contribution is 2.65. The van der Waals surface area contributed by atoms with Crippen LogP contribution in [0.2, 0.25) is 0 Å². The molecule has 0 heterocycles. The molecule has 3 unspecified atom stereocenters. The van der Waals surface area contributed by atoms with Crippen molar-refractivity contribution < 1.29 is 9.94 Å². The molecule has 0 bridgehead atoms. The molecule has 4 nitrogen and oxygen atoms in total. The zero-order valence-electron chi connectivity index (χ0n) is 18.3. The van der Waals surface area contributed by atoms with E-state index < -0.39 is 0 Å². The largest absolute Gasteiger partial charge is 0.393 e. The predicted molar refractivity (Wildman–Crippen MR) is 117 cm³/mol. The molecule has 160 valence electrons. The summed E-state index contributed by atoms with van der Waals surface area (Å²) in [6.07, 6.45) is 10.5. The first-order valence-electron chi connectivity index (χ1n) is 11.8. The Bertz CT molecular complexity index is 872. The van der Waals surface area contributed by atoms with E-state index in [-0.39, 0.29) is 11.5 Å². The summed E-state index contributed by atoms with van der Waals surface area (Å²) in [4.78, 5) is 5.70. The van der Waals surface area contributed by atoms with Crippen LogP contribution in [0.1, 0.15) is 77.2 Å². The molecule has 1 N–H and O–H groups in total. The third-order valence-electron chi connectivity index (χ3n) is 9.71. The molecule has 1 aromatic rings. The summed E-state index contributed by atoms with van der Waals surface area (Å²) in [5.41, 5.74) is 2.40. The zero-order valence-corrected chi connectivity index (χ0v) is 18.3. The van der Waals surface area contributed by atoms with Gasteiger partial charge in [0.25, 0.3) is 0 Å². The van der Waals surface area contributed by atoms with Crippen molar-refractivity contribution >= 4 is 5.71 Å². The average Bonchev–Trinajstić information content (AvgIpc) is 3.07. The van der Waals surface area contributed by atoms with E-state index in [4.69, 9.17) is 10.1 Å². The van der Waals surface area contributed by atoms with Crippen LogP contribution in [0, 0.1) is 45.8 Å². The number of benzene rings is 1. The van der Waals surface area contributed by atoms with Crippen molar-refractivity contribution in [2.24, 2.45) is 39.7 Å². The van der Waals surface area contributed by atoms with Gasteiger partial charge in [0.1, 0.15) is 0 Å². The fourth-order valence-electron chi connectivity index (χ4n) is 7.82. The minimum absolute atomic E-state index is 0.0848. The molecule has 30 heavy (non-hydrogen) atoms. The van der Waals surface area contributed by atoms with Crippen LogP contribution in [0.5, 0.6) is 5.75 Å². The van der Waals surface area contributed by atoms with Crippen LogP contribution in [0.15, 0.2) is 29.4 Å². The molecule has 4 heteroatoms. The van der Waals surface area contributed by atoms with Crippen molar-refractivity contribution in [1.82, 2.24) is 0 Å². The molecule has 0 radical (unpaired) electrons. The second-order valence-corrected chi connectivity index (χ2v) is 10.9. The molecule has 4 aliphatic carbocycles. The Morgan fingerprint density at radius 1 is 1.00 bits per heavy atom. The predicted octanol–water partition coefficient (Wildman–Crippen LogP) is 5.70. The molecular formula is C26H34N2O2. The Morgan fingerprint density at radius 2 is 1.77 bits per heavy atom. The van der Waals surface area contributed by atoms with E-state index in [9.17, 15) is 5.11 Å². The fraction of sp³-hybridized carbons (Fsp3) is 0.692. The van der Waals surface area contributed by atoms with Crippen LogP contribution in [-0.4, -0.2) is 16.9 Å². The number of hydrogen-bond acceptors (Lipinski definition) is 4. The molecule has 5 rings (SSSR count). The molecule has 0 amide bonds. The topological polar surface area (TPSA) is 65.6 Å². The molecule has 0 saturated heterocycles. The highest BCUT2D eigenvalue weighted by molar-refractivity contribution is 5.85. The Morgan fingerprint density at radius 3 is 2.53 bits per heavy atom. The highest BCUT2D eigenvalue weighted by atomic mass is 16.6. The van der Waals surface area contributed by atoms with E-state index >= 15 is 0 Å². The first-order valence-corrected chi connectivity index (χ1v) is 11.8. The number of fused-ring (bicyclic) bond motifs is 5. The third kappa shape index (κ3) is 3.09. The van der Waals surface area contributed by atoms with Crippen LogP contribution in [-0.2, 0) is 0 Å². The van der Waals surface area contributed by atoms with Crippen molar-refractivity contribution in [3.05, 3.63) is 29.8 Å². The first-order chi connectivity index (χ1) is 14.4. The SMILES string of the molecule is C[C@]12CCC3C(CC[C@H]4C/C(=N\Oc5ccc(C#N)cc5)CC[C@]34C)C1CC[C@@H]2O. The van der Waals surface area contributed by atoms with E-state index in [1.54, 1.807) is 12.1 Å². The zero-order chi connectivity index (χ0) is 20.9. The Hall–Kier alpha value is -1.86. The summed E-state index contributed by atoms with van der Waals surface area (Å²) in [7, 11) is 0. The summed E-state index contributed by atoms with van der Waals surface area (Å²) >= 11 is 0. The van der Waals surface area contributed by atoms with Gasteiger partial charge in [-0.15, -0.1) is 0 Å². The summed E-state index contributed by atoms with van der Waals surface area (Å²) in [5, 5.41) is 24.1. The number of nitrogens with zero attached hydrogens (tertiary/aromatic N) is 2. The quantitative estimate of drug-likeness (QED) is 0.641. The number of aliphatic hydroxyl groups is 1. The Labute approximate surface area is 180 Å². The molecule has 0 aliphatic heterocycles. The van der Waals surface area contributed by atoms with Crippen molar-refractivity contribution in [2.75, 3.05) is 0 Å². The third-order valence-corrected chi connectivity index (χ3v) is 9.71. The summed E-state index contributed by atoms with van der Waals surface area (Å²) < 4.78 is 0.